The number of hydrogen-bond donors (Lipinski definition) is 1. The quantitative estimate of drug-likeness (QED) is 0.704. The lowest BCUT2D eigenvalue weighted by atomic mass is 9.77. The van der Waals surface area contributed by atoms with Gasteiger partial charge in [-0.3, -0.25) is 0 Å². The van der Waals surface area contributed by atoms with Crippen LogP contribution in [0.5, 0.6) is 0 Å². The molecule has 1 N–H and O–H groups in total. The van der Waals surface area contributed by atoms with Gasteiger partial charge < -0.3 is 5.32 Å². The highest BCUT2D eigenvalue weighted by molar-refractivity contribution is 6.31. The Kier molecular flexibility index (Phi) is 3.00. The van der Waals surface area contributed by atoms with Crippen LogP contribution in [0.1, 0.15) is 29.5 Å². The van der Waals surface area contributed by atoms with E-state index in [0.717, 1.165) is 28.3 Å². The van der Waals surface area contributed by atoms with Gasteiger partial charge in [0.15, 0.2) is 0 Å². The Hall–Kier alpha value is -1.80. The molecule has 3 heteroatoms. The fourth-order valence-electron chi connectivity index (χ4n) is 3.60. The van der Waals surface area contributed by atoms with E-state index in [2.05, 4.69) is 23.5 Å². The van der Waals surface area contributed by atoms with E-state index < -0.39 is 0 Å². The second-order valence-corrected chi connectivity index (χ2v) is 6.14. The summed E-state index contributed by atoms with van der Waals surface area (Å²) in [6.45, 7) is 0. The summed E-state index contributed by atoms with van der Waals surface area (Å²) in [5, 5.41) is 4.35. The lowest BCUT2D eigenvalue weighted by molar-refractivity contribution is 0.424. The summed E-state index contributed by atoms with van der Waals surface area (Å²) in [7, 11) is 0. The molecular weight excluding hydrogens is 285 g/mol. The first-order valence-electron chi connectivity index (χ1n) is 7.21. The molecule has 1 heterocycles. The number of anilines is 1. The molecule has 0 saturated heterocycles. The Morgan fingerprint density at radius 2 is 1.95 bits per heavy atom. The van der Waals surface area contributed by atoms with Crippen molar-refractivity contribution < 1.29 is 4.39 Å². The molecule has 0 bridgehead atoms. The molecular formula is C18H15ClFN. The van der Waals surface area contributed by atoms with Crippen molar-refractivity contribution in [3.63, 3.8) is 0 Å². The monoisotopic (exact) mass is 299 g/mol. The minimum Gasteiger partial charge on any atom is -0.378 e. The molecule has 1 aliphatic carbocycles. The first-order valence-corrected chi connectivity index (χ1v) is 7.59. The van der Waals surface area contributed by atoms with Crippen LogP contribution in [0.25, 0.3) is 0 Å². The van der Waals surface area contributed by atoms with E-state index in [1.54, 1.807) is 6.07 Å². The molecule has 0 fully saturated rings. The van der Waals surface area contributed by atoms with E-state index in [-0.39, 0.29) is 17.8 Å². The summed E-state index contributed by atoms with van der Waals surface area (Å²) in [5.41, 5.74) is 3.18. The van der Waals surface area contributed by atoms with Crippen molar-refractivity contribution in [1.29, 1.82) is 0 Å². The van der Waals surface area contributed by atoms with Crippen molar-refractivity contribution in [3.05, 3.63) is 76.6 Å². The molecule has 3 unspecified atom stereocenters. The van der Waals surface area contributed by atoms with Crippen LogP contribution >= 0.6 is 11.6 Å². The van der Waals surface area contributed by atoms with Gasteiger partial charge in [0.2, 0.25) is 0 Å². The molecule has 0 aromatic heterocycles. The number of benzene rings is 2. The molecule has 3 atom stereocenters. The van der Waals surface area contributed by atoms with E-state index in [1.807, 2.05) is 24.3 Å². The Balaban J connectivity index is 1.82. The largest absolute Gasteiger partial charge is 0.378 e. The van der Waals surface area contributed by atoms with Gasteiger partial charge in [0.25, 0.3) is 0 Å². The molecule has 2 aromatic carbocycles. The SMILES string of the molecule is Fc1ccc2c(c1)C1C=CCC1C(c1ccccc1Cl)N2. The Labute approximate surface area is 128 Å². The zero-order chi connectivity index (χ0) is 14.4. The first-order chi connectivity index (χ1) is 10.2. The van der Waals surface area contributed by atoms with Gasteiger partial charge in [-0.25, -0.2) is 4.39 Å². The van der Waals surface area contributed by atoms with Crippen LogP contribution in [0.4, 0.5) is 10.1 Å². The number of allylic oxidation sites excluding steroid dienone is 2. The van der Waals surface area contributed by atoms with Crippen molar-refractivity contribution in [1.82, 2.24) is 0 Å². The Morgan fingerprint density at radius 3 is 2.81 bits per heavy atom. The fourth-order valence-corrected chi connectivity index (χ4v) is 3.85. The van der Waals surface area contributed by atoms with Crippen molar-refractivity contribution in [2.24, 2.45) is 5.92 Å². The third kappa shape index (κ3) is 2.06. The van der Waals surface area contributed by atoms with Gasteiger partial charge in [0, 0.05) is 16.6 Å². The van der Waals surface area contributed by atoms with Crippen molar-refractivity contribution in [3.8, 4) is 0 Å². The molecule has 0 amide bonds. The topological polar surface area (TPSA) is 12.0 Å². The molecule has 2 aromatic rings. The van der Waals surface area contributed by atoms with E-state index in [0.29, 0.717) is 5.92 Å². The molecule has 106 valence electrons. The summed E-state index contributed by atoms with van der Waals surface area (Å²) in [6, 6.07) is 13.1. The summed E-state index contributed by atoms with van der Waals surface area (Å²) >= 11 is 6.38. The minimum atomic E-state index is -0.175. The molecule has 2 aliphatic rings. The highest BCUT2D eigenvalue weighted by Gasteiger charge is 2.38. The summed E-state index contributed by atoms with van der Waals surface area (Å²) < 4.78 is 13.6. The lowest BCUT2D eigenvalue weighted by Crippen LogP contribution is -2.29. The Bertz CT molecular complexity index is 725. The highest BCUT2D eigenvalue weighted by atomic mass is 35.5. The molecule has 21 heavy (non-hydrogen) atoms. The summed E-state index contributed by atoms with van der Waals surface area (Å²) in [4.78, 5) is 0. The van der Waals surface area contributed by atoms with Crippen molar-refractivity contribution >= 4 is 17.3 Å². The number of rotatable bonds is 1. The maximum absolute atomic E-state index is 13.6. The first kappa shape index (κ1) is 12.9. The van der Waals surface area contributed by atoms with E-state index >= 15 is 0 Å². The van der Waals surface area contributed by atoms with E-state index in [9.17, 15) is 4.39 Å². The molecule has 1 nitrogen and oxygen atoms in total. The number of hydrogen-bond acceptors (Lipinski definition) is 1. The van der Waals surface area contributed by atoms with E-state index in [1.165, 1.54) is 6.07 Å². The molecule has 4 rings (SSSR count). The molecule has 1 aliphatic heterocycles. The third-order valence-electron chi connectivity index (χ3n) is 4.57. The maximum Gasteiger partial charge on any atom is 0.123 e. The molecule has 0 spiro atoms. The van der Waals surface area contributed by atoms with Gasteiger partial charge in [-0.2, -0.15) is 0 Å². The average molecular weight is 300 g/mol. The number of nitrogens with one attached hydrogen (secondary N) is 1. The van der Waals surface area contributed by atoms with Gasteiger partial charge >= 0.3 is 0 Å². The zero-order valence-electron chi connectivity index (χ0n) is 11.4. The van der Waals surface area contributed by atoms with Gasteiger partial charge in [-0.1, -0.05) is 42.0 Å². The standard InChI is InChI=1S/C18H15ClFN/c19-16-7-2-1-4-14(16)18-13-6-3-5-12(13)15-10-11(20)8-9-17(15)21-18/h1-5,7-10,12-13,18,21H,6H2. The second-order valence-electron chi connectivity index (χ2n) is 5.73. The van der Waals surface area contributed by atoms with Gasteiger partial charge in [-0.15, -0.1) is 0 Å². The second kappa shape index (κ2) is 4.88. The summed E-state index contributed by atoms with van der Waals surface area (Å²) in [6.07, 6.45) is 5.39. The van der Waals surface area contributed by atoms with Crippen molar-refractivity contribution in [2.75, 3.05) is 5.32 Å². The third-order valence-corrected chi connectivity index (χ3v) is 4.91. The molecule has 0 radical (unpaired) electrons. The lowest BCUT2D eigenvalue weighted by Gasteiger charge is -2.37. The molecule has 0 saturated carbocycles. The Morgan fingerprint density at radius 1 is 1.10 bits per heavy atom. The fraction of sp³-hybridized carbons (Fsp3) is 0.222. The van der Waals surface area contributed by atoms with Crippen LogP contribution in [-0.4, -0.2) is 0 Å². The van der Waals surface area contributed by atoms with Gasteiger partial charge in [-0.05, 0) is 47.7 Å². The van der Waals surface area contributed by atoms with Crippen LogP contribution < -0.4 is 5.32 Å². The zero-order valence-corrected chi connectivity index (χ0v) is 12.1. The minimum absolute atomic E-state index is 0.164. The van der Waals surface area contributed by atoms with Crippen LogP contribution in [0.2, 0.25) is 5.02 Å². The smallest absolute Gasteiger partial charge is 0.123 e. The summed E-state index contributed by atoms with van der Waals surface area (Å²) in [5.74, 6) is 0.475. The highest BCUT2D eigenvalue weighted by Crippen LogP contribution is 2.50. The normalized spacial score (nSPS) is 26.1. The number of fused-ring (bicyclic) bond motifs is 3. The van der Waals surface area contributed by atoms with Gasteiger partial charge in [0.1, 0.15) is 5.82 Å². The van der Waals surface area contributed by atoms with Crippen LogP contribution in [0.3, 0.4) is 0 Å². The van der Waals surface area contributed by atoms with Crippen LogP contribution in [0.15, 0.2) is 54.6 Å². The van der Waals surface area contributed by atoms with Gasteiger partial charge in [0.05, 0.1) is 6.04 Å². The average Bonchev–Trinajstić information content (AvgIpc) is 2.97. The van der Waals surface area contributed by atoms with E-state index in [4.69, 9.17) is 11.6 Å². The van der Waals surface area contributed by atoms with Crippen molar-refractivity contribution in [2.45, 2.75) is 18.4 Å². The predicted molar refractivity (Wildman–Crippen MR) is 84.2 cm³/mol. The van der Waals surface area contributed by atoms with Crippen LogP contribution in [0, 0.1) is 11.7 Å². The predicted octanol–water partition coefficient (Wildman–Crippen LogP) is 5.31. The maximum atomic E-state index is 13.6. The number of halogens is 2. The van der Waals surface area contributed by atoms with Crippen LogP contribution in [-0.2, 0) is 0 Å².